The first-order chi connectivity index (χ1) is 9.09. The van der Waals surface area contributed by atoms with Gasteiger partial charge in [-0.2, -0.15) is 0 Å². The molecule has 98 valence electrons. The van der Waals surface area contributed by atoms with E-state index in [1.54, 1.807) is 19.0 Å². The minimum atomic E-state index is 0.126. The minimum Gasteiger partial charge on any atom is -0.349 e. The highest BCUT2D eigenvalue weighted by atomic mass is 16.2. The van der Waals surface area contributed by atoms with Gasteiger partial charge in [-0.25, -0.2) is 0 Å². The average Bonchev–Trinajstić information content (AvgIpc) is 2.40. The second-order valence-electron chi connectivity index (χ2n) is 4.94. The molecule has 0 radical (unpaired) electrons. The minimum absolute atomic E-state index is 0.126. The zero-order valence-corrected chi connectivity index (χ0v) is 11.7. The SMILES string of the molecule is Cc1ccccc1-c1ccccc1CC(=O)N(C)C. The second kappa shape index (κ2) is 5.70. The number of nitrogens with zero attached hydrogens (tertiary/aromatic N) is 1. The van der Waals surface area contributed by atoms with Crippen LogP contribution in [0.5, 0.6) is 0 Å². The third-order valence-electron chi connectivity index (χ3n) is 3.29. The molecule has 2 rings (SSSR count). The number of likely N-dealkylation sites (N-methyl/N-ethyl adjacent to an activating group) is 1. The summed E-state index contributed by atoms with van der Waals surface area (Å²) in [6.45, 7) is 2.10. The molecule has 2 nitrogen and oxygen atoms in total. The third-order valence-corrected chi connectivity index (χ3v) is 3.29. The third kappa shape index (κ3) is 3.02. The monoisotopic (exact) mass is 253 g/mol. The number of hydrogen-bond acceptors (Lipinski definition) is 1. The van der Waals surface area contributed by atoms with Crippen LogP contribution in [0.1, 0.15) is 11.1 Å². The molecule has 0 heterocycles. The zero-order valence-electron chi connectivity index (χ0n) is 11.7. The van der Waals surface area contributed by atoms with Gasteiger partial charge in [0.1, 0.15) is 0 Å². The summed E-state index contributed by atoms with van der Waals surface area (Å²) < 4.78 is 0. The molecular weight excluding hydrogens is 234 g/mol. The Bertz CT molecular complexity index is 587. The largest absolute Gasteiger partial charge is 0.349 e. The Hall–Kier alpha value is -2.09. The molecular formula is C17H19NO. The van der Waals surface area contributed by atoms with E-state index < -0.39 is 0 Å². The first-order valence-electron chi connectivity index (χ1n) is 6.43. The fraction of sp³-hybridized carbons (Fsp3) is 0.235. The van der Waals surface area contributed by atoms with Crippen molar-refractivity contribution in [1.82, 2.24) is 4.90 Å². The Labute approximate surface area is 114 Å². The number of aryl methyl sites for hydroxylation is 1. The molecule has 0 spiro atoms. The van der Waals surface area contributed by atoms with Crippen molar-refractivity contribution in [3.8, 4) is 11.1 Å². The zero-order chi connectivity index (χ0) is 13.8. The van der Waals surface area contributed by atoms with Gasteiger partial charge >= 0.3 is 0 Å². The summed E-state index contributed by atoms with van der Waals surface area (Å²) >= 11 is 0. The van der Waals surface area contributed by atoms with Gasteiger partial charge in [0.2, 0.25) is 5.91 Å². The second-order valence-corrected chi connectivity index (χ2v) is 4.94. The van der Waals surface area contributed by atoms with Gasteiger partial charge in [-0.05, 0) is 29.2 Å². The fourth-order valence-electron chi connectivity index (χ4n) is 2.13. The van der Waals surface area contributed by atoms with E-state index in [0.29, 0.717) is 6.42 Å². The number of benzene rings is 2. The van der Waals surface area contributed by atoms with Crippen molar-refractivity contribution in [2.24, 2.45) is 0 Å². The lowest BCUT2D eigenvalue weighted by atomic mass is 9.94. The summed E-state index contributed by atoms with van der Waals surface area (Å²) in [5, 5.41) is 0. The maximum absolute atomic E-state index is 11.9. The molecule has 0 aliphatic heterocycles. The van der Waals surface area contributed by atoms with E-state index in [0.717, 1.165) is 11.1 Å². The van der Waals surface area contributed by atoms with Crippen molar-refractivity contribution in [3.05, 3.63) is 59.7 Å². The van der Waals surface area contributed by atoms with E-state index in [1.165, 1.54) is 11.1 Å². The standard InChI is InChI=1S/C17H19NO/c1-13-8-4-6-10-15(13)16-11-7-5-9-14(16)12-17(19)18(2)3/h4-11H,12H2,1-3H3. The number of rotatable bonds is 3. The molecule has 19 heavy (non-hydrogen) atoms. The summed E-state index contributed by atoms with van der Waals surface area (Å²) in [7, 11) is 3.58. The van der Waals surface area contributed by atoms with Crippen LogP contribution in [0.4, 0.5) is 0 Å². The normalized spacial score (nSPS) is 10.3. The molecule has 2 aromatic rings. The smallest absolute Gasteiger partial charge is 0.226 e. The van der Waals surface area contributed by atoms with E-state index in [4.69, 9.17) is 0 Å². The van der Waals surface area contributed by atoms with E-state index in [-0.39, 0.29) is 5.91 Å². The van der Waals surface area contributed by atoms with Gasteiger partial charge in [-0.15, -0.1) is 0 Å². The highest BCUT2D eigenvalue weighted by Crippen LogP contribution is 2.27. The molecule has 0 saturated heterocycles. The van der Waals surface area contributed by atoms with Crippen LogP contribution in [0.2, 0.25) is 0 Å². The number of carbonyl (C=O) groups is 1. The highest BCUT2D eigenvalue weighted by molar-refractivity contribution is 5.82. The molecule has 0 aliphatic rings. The van der Waals surface area contributed by atoms with Gasteiger partial charge in [0, 0.05) is 14.1 Å². The van der Waals surface area contributed by atoms with Gasteiger partial charge in [-0.1, -0.05) is 48.5 Å². The topological polar surface area (TPSA) is 20.3 Å². The first kappa shape index (κ1) is 13.3. The molecule has 0 N–H and O–H groups in total. The van der Waals surface area contributed by atoms with Crippen molar-refractivity contribution in [3.63, 3.8) is 0 Å². The molecule has 0 atom stereocenters. The Morgan fingerprint density at radius 2 is 1.53 bits per heavy atom. The van der Waals surface area contributed by atoms with Crippen LogP contribution in [-0.2, 0) is 11.2 Å². The lowest BCUT2D eigenvalue weighted by molar-refractivity contribution is -0.127. The molecule has 0 aromatic heterocycles. The van der Waals surface area contributed by atoms with E-state index >= 15 is 0 Å². The van der Waals surface area contributed by atoms with Crippen LogP contribution in [0, 0.1) is 6.92 Å². The van der Waals surface area contributed by atoms with Crippen LogP contribution in [0.15, 0.2) is 48.5 Å². The Balaban J connectivity index is 2.42. The molecule has 0 bridgehead atoms. The van der Waals surface area contributed by atoms with Crippen LogP contribution in [0.3, 0.4) is 0 Å². The number of carbonyl (C=O) groups excluding carboxylic acids is 1. The maximum atomic E-state index is 11.9. The predicted molar refractivity (Wildman–Crippen MR) is 79.0 cm³/mol. The average molecular weight is 253 g/mol. The molecule has 2 heteroatoms. The molecule has 0 saturated carbocycles. The van der Waals surface area contributed by atoms with E-state index in [1.807, 2.05) is 30.3 Å². The summed E-state index contributed by atoms with van der Waals surface area (Å²) in [6, 6.07) is 16.4. The molecule has 1 amide bonds. The lowest BCUT2D eigenvalue weighted by Crippen LogP contribution is -2.23. The maximum Gasteiger partial charge on any atom is 0.226 e. The molecule has 2 aromatic carbocycles. The lowest BCUT2D eigenvalue weighted by Gasteiger charge is -2.14. The Morgan fingerprint density at radius 3 is 2.16 bits per heavy atom. The highest BCUT2D eigenvalue weighted by Gasteiger charge is 2.11. The number of hydrogen-bond donors (Lipinski definition) is 0. The van der Waals surface area contributed by atoms with E-state index in [2.05, 4.69) is 25.1 Å². The quantitative estimate of drug-likeness (QED) is 0.822. The van der Waals surface area contributed by atoms with Crippen LogP contribution in [0.25, 0.3) is 11.1 Å². The van der Waals surface area contributed by atoms with Crippen molar-refractivity contribution < 1.29 is 4.79 Å². The van der Waals surface area contributed by atoms with Crippen molar-refractivity contribution in [1.29, 1.82) is 0 Å². The van der Waals surface area contributed by atoms with Crippen LogP contribution < -0.4 is 0 Å². The number of amides is 1. The molecule has 0 aliphatic carbocycles. The van der Waals surface area contributed by atoms with Gasteiger partial charge in [0.05, 0.1) is 6.42 Å². The van der Waals surface area contributed by atoms with E-state index in [9.17, 15) is 4.79 Å². The van der Waals surface area contributed by atoms with Gasteiger partial charge in [-0.3, -0.25) is 4.79 Å². The van der Waals surface area contributed by atoms with Gasteiger partial charge in [0.25, 0.3) is 0 Å². The van der Waals surface area contributed by atoms with Crippen molar-refractivity contribution in [2.75, 3.05) is 14.1 Å². The Morgan fingerprint density at radius 1 is 0.947 bits per heavy atom. The van der Waals surface area contributed by atoms with Crippen LogP contribution >= 0.6 is 0 Å². The van der Waals surface area contributed by atoms with Gasteiger partial charge in [0.15, 0.2) is 0 Å². The summed E-state index contributed by atoms with van der Waals surface area (Å²) in [6.07, 6.45) is 0.442. The van der Waals surface area contributed by atoms with Crippen molar-refractivity contribution in [2.45, 2.75) is 13.3 Å². The predicted octanol–water partition coefficient (Wildman–Crippen LogP) is 3.29. The van der Waals surface area contributed by atoms with Crippen molar-refractivity contribution >= 4 is 5.91 Å². The van der Waals surface area contributed by atoms with Gasteiger partial charge < -0.3 is 4.90 Å². The summed E-state index contributed by atoms with van der Waals surface area (Å²) in [4.78, 5) is 13.5. The summed E-state index contributed by atoms with van der Waals surface area (Å²) in [5.74, 6) is 0.126. The molecule has 0 unspecified atom stereocenters. The van der Waals surface area contributed by atoms with Crippen LogP contribution in [-0.4, -0.2) is 24.9 Å². The fourth-order valence-corrected chi connectivity index (χ4v) is 2.13. The first-order valence-corrected chi connectivity index (χ1v) is 6.43. The molecule has 0 fully saturated rings. The summed E-state index contributed by atoms with van der Waals surface area (Å²) in [5.41, 5.74) is 4.66. The Kier molecular flexibility index (Phi) is 4.00.